The lowest BCUT2D eigenvalue weighted by molar-refractivity contribution is -0.123. The van der Waals surface area contributed by atoms with Crippen molar-refractivity contribution in [1.82, 2.24) is 5.32 Å². The molecule has 3 rings (SSSR count). The first-order valence-electron chi connectivity index (χ1n) is 8.46. The van der Waals surface area contributed by atoms with Gasteiger partial charge in [0, 0.05) is 12.0 Å². The monoisotopic (exact) mass is 335 g/mol. The zero-order valence-electron chi connectivity index (χ0n) is 13.8. The molecule has 3 atom stereocenters. The number of carbonyl (C=O) groups is 1. The molecule has 2 aliphatic rings. The second-order valence-electron chi connectivity index (χ2n) is 7.23. The summed E-state index contributed by atoms with van der Waals surface area (Å²) in [6.07, 6.45) is 2.29. The normalized spacial score (nSPS) is 29.3. The first-order valence-corrected chi connectivity index (χ1v) is 10.3. The molecule has 1 aromatic carbocycles. The van der Waals surface area contributed by atoms with Crippen LogP contribution < -0.4 is 5.32 Å². The average molecular weight is 335 g/mol. The molecule has 1 heterocycles. The van der Waals surface area contributed by atoms with Gasteiger partial charge in [0.25, 0.3) is 0 Å². The summed E-state index contributed by atoms with van der Waals surface area (Å²) in [5.74, 6) is 1.17. The predicted octanol–water partition coefficient (Wildman–Crippen LogP) is 2.61. The highest BCUT2D eigenvalue weighted by Gasteiger charge is 2.44. The zero-order chi connectivity index (χ0) is 16.6. The van der Waals surface area contributed by atoms with E-state index in [1.54, 1.807) is 0 Å². The summed E-state index contributed by atoms with van der Waals surface area (Å²) in [5, 5.41) is 2.95. The van der Waals surface area contributed by atoms with E-state index in [9.17, 15) is 13.2 Å². The minimum absolute atomic E-state index is 0.00420. The molecular weight excluding hydrogens is 310 g/mol. The molecule has 126 valence electrons. The number of carbonyl (C=O) groups excluding carboxylic acids is 1. The summed E-state index contributed by atoms with van der Waals surface area (Å²) in [6, 6.07) is 8.32. The average Bonchev–Trinajstić information content (AvgIpc) is 3.27. The number of nitrogens with one attached hydrogen (secondary N) is 1. The Morgan fingerprint density at radius 1 is 1.22 bits per heavy atom. The van der Waals surface area contributed by atoms with Crippen molar-refractivity contribution in [3.8, 4) is 0 Å². The Labute approximate surface area is 138 Å². The predicted molar refractivity (Wildman–Crippen MR) is 91.2 cm³/mol. The number of amides is 1. The van der Waals surface area contributed by atoms with E-state index in [0.717, 1.165) is 12.8 Å². The van der Waals surface area contributed by atoms with E-state index < -0.39 is 9.84 Å². The molecule has 4 nitrogen and oxygen atoms in total. The van der Waals surface area contributed by atoms with Gasteiger partial charge in [0.2, 0.25) is 5.91 Å². The lowest BCUT2D eigenvalue weighted by Crippen LogP contribution is -2.43. The summed E-state index contributed by atoms with van der Waals surface area (Å²) in [4.78, 5) is 12.3. The standard InChI is InChI=1S/C18H25NO3S/c1-12(2)13-5-7-14(8-6-13)16-10-17(16)18(20)19-15-4-3-9-23(21,22)11-15/h5-8,12,15-17H,3-4,9-11H2,1-2H3,(H,19,20). The third kappa shape index (κ3) is 3.94. The summed E-state index contributed by atoms with van der Waals surface area (Å²) in [5.41, 5.74) is 2.52. The van der Waals surface area contributed by atoms with Crippen molar-refractivity contribution in [2.24, 2.45) is 5.92 Å². The molecule has 3 unspecified atom stereocenters. The molecule has 1 N–H and O–H groups in total. The van der Waals surface area contributed by atoms with Crippen LogP contribution in [0, 0.1) is 5.92 Å². The highest BCUT2D eigenvalue weighted by atomic mass is 32.2. The van der Waals surface area contributed by atoms with Gasteiger partial charge in [-0.2, -0.15) is 0 Å². The SMILES string of the molecule is CC(C)c1ccc(C2CC2C(=O)NC2CCCS(=O)(=O)C2)cc1. The fourth-order valence-electron chi connectivity index (χ4n) is 3.43. The van der Waals surface area contributed by atoms with E-state index in [-0.39, 0.29) is 35.3 Å². The van der Waals surface area contributed by atoms with Crippen molar-refractivity contribution >= 4 is 15.7 Å². The van der Waals surface area contributed by atoms with E-state index >= 15 is 0 Å². The molecule has 0 aromatic heterocycles. The lowest BCUT2D eigenvalue weighted by atomic mass is 10.00. The molecular formula is C18H25NO3S. The molecule has 0 radical (unpaired) electrons. The van der Waals surface area contributed by atoms with Crippen LogP contribution in [-0.4, -0.2) is 31.9 Å². The third-order valence-corrected chi connectivity index (χ3v) is 6.79. The van der Waals surface area contributed by atoms with E-state index in [4.69, 9.17) is 0 Å². The minimum atomic E-state index is -2.98. The molecule has 0 bridgehead atoms. The van der Waals surface area contributed by atoms with E-state index in [2.05, 4.69) is 43.4 Å². The van der Waals surface area contributed by atoms with Crippen LogP contribution in [-0.2, 0) is 14.6 Å². The van der Waals surface area contributed by atoms with Gasteiger partial charge < -0.3 is 5.32 Å². The fourth-order valence-corrected chi connectivity index (χ4v) is 5.06. The summed E-state index contributed by atoms with van der Waals surface area (Å²) in [7, 11) is -2.98. The molecule has 5 heteroatoms. The number of rotatable bonds is 4. The maximum Gasteiger partial charge on any atom is 0.223 e. The largest absolute Gasteiger partial charge is 0.352 e. The van der Waals surface area contributed by atoms with Crippen LogP contribution in [0.5, 0.6) is 0 Å². The van der Waals surface area contributed by atoms with Gasteiger partial charge in [-0.15, -0.1) is 0 Å². The Morgan fingerprint density at radius 3 is 2.52 bits per heavy atom. The second-order valence-corrected chi connectivity index (χ2v) is 9.46. The van der Waals surface area contributed by atoms with Gasteiger partial charge >= 0.3 is 0 Å². The van der Waals surface area contributed by atoms with Crippen molar-refractivity contribution < 1.29 is 13.2 Å². The van der Waals surface area contributed by atoms with Crippen LogP contribution in [0.1, 0.15) is 56.1 Å². The molecule has 23 heavy (non-hydrogen) atoms. The fraction of sp³-hybridized carbons (Fsp3) is 0.611. The summed E-state index contributed by atoms with van der Waals surface area (Å²) >= 11 is 0. The molecule has 1 saturated carbocycles. The van der Waals surface area contributed by atoms with Crippen molar-refractivity contribution in [3.63, 3.8) is 0 Å². The van der Waals surface area contributed by atoms with Gasteiger partial charge in [-0.1, -0.05) is 38.1 Å². The molecule has 1 aliphatic carbocycles. The third-order valence-electron chi connectivity index (χ3n) is 4.97. The van der Waals surface area contributed by atoms with Crippen LogP contribution in [0.3, 0.4) is 0 Å². The number of sulfone groups is 1. The number of hydrogen-bond donors (Lipinski definition) is 1. The Balaban J connectivity index is 1.56. The van der Waals surface area contributed by atoms with Crippen molar-refractivity contribution in [2.75, 3.05) is 11.5 Å². The first kappa shape index (κ1) is 16.5. The van der Waals surface area contributed by atoms with Crippen LogP contribution >= 0.6 is 0 Å². The Bertz CT molecular complexity index is 679. The van der Waals surface area contributed by atoms with Crippen molar-refractivity contribution in [1.29, 1.82) is 0 Å². The quantitative estimate of drug-likeness (QED) is 0.920. The van der Waals surface area contributed by atoms with E-state index in [1.807, 2.05) is 0 Å². The van der Waals surface area contributed by atoms with Crippen LogP contribution in [0.25, 0.3) is 0 Å². The summed E-state index contributed by atoms with van der Waals surface area (Å²) in [6.45, 7) is 4.33. The van der Waals surface area contributed by atoms with Gasteiger partial charge in [-0.3, -0.25) is 4.79 Å². The molecule has 1 aromatic rings. The molecule has 1 saturated heterocycles. The van der Waals surface area contributed by atoms with Gasteiger partial charge in [0.05, 0.1) is 11.5 Å². The minimum Gasteiger partial charge on any atom is -0.352 e. The Morgan fingerprint density at radius 2 is 1.91 bits per heavy atom. The smallest absolute Gasteiger partial charge is 0.223 e. The van der Waals surface area contributed by atoms with Crippen molar-refractivity contribution in [3.05, 3.63) is 35.4 Å². The van der Waals surface area contributed by atoms with Gasteiger partial charge in [0.1, 0.15) is 0 Å². The maximum atomic E-state index is 12.3. The Kier molecular flexibility index (Phi) is 4.50. The number of hydrogen-bond acceptors (Lipinski definition) is 3. The second kappa shape index (κ2) is 6.27. The molecule has 0 spiro atoms. The number of benzene rings is 1. The highest BCUT2D eigenvalue weighted by Crippen LogP contribution is 2.47. The van der Waals surface area contributed by atoms with E-state index in [0.29, 0.717) is 12.3 Å². The maximum absolute atomic E-state index is 12.3. The zero-order valence-corrected chi connectivity index (χ0v) is 14.6. The highest BCUT2D eigenvalue weighted by molar-refractivity contribution is 7.91. The topological polar surface area (TPSA) is 63.2 Å². The molecule has 1 amide bonds. The van der Waals surface area contributed by atoms with Crippen LogP contribution in [0.15, 0.2) is 24.3 Å². The molecule has 1 aliphatic heterocycles. The summed E-state index contributed by atoms with van der Waals surface area (Å²) < 4.78 is 23.3. The van der Waals surface area contributed by atoms with Gasteiger partial charge in [0.15, 0.2) is 9.84 Å². The lowest BCUT2D eigenvalue weighted by Gasteiger charge is -2.23. The first-order chi connectivity index (χ1) is 10.9. The van der Waals surface area contributed by atoms with Crippen molar-refractivity contribution in [2.45, 2.75) is 51.0 Å². The molecule has 2 fully saturated rings. The van der Waals surface area contributed by atoms with Gasteiger partial charge in [-0.25, -0.2) is 8.42 Å². The van der Waals surface area contributed by atoms with E-state index in [1.165, 1.54) is 11.1 Å². The van der Waals surface area contributed by atoms with Crippen LogP contribution in [0.4, 0.5) is 0 Å². The van der Waals surface area contributed by atoms with Crippen LogP contribution in [0.2, 0.25) is 0 Å². The Hall–Kier alpha value is -1.36. The van der Waals surface area contributed by atoms with Gasteiger partial charge in [-0.05, 0) is 42.2 Å².